The number of esters is 1. The van der Waals surface area contributed by atoms with E-state index in [1.807, 2.05) is 6.07 Å². The van der Waals surface area contributed by atoms with Crippen molar-refractivity contribution >= 4 is 5.97 Å². The molecule has 0 amide bonds. The van der Waals surface area contributed by atoms with Gasteiger partial charge in [0.15, 0.2) is 6.29 Å². The molecule has 0 spiro atoms. The van der Waals surface area contributed by atoms with Crippen molar-refractivity contribution in [2.75, 3.05) is 13.2 Å². The second-order valence-corrected chi connectivity index (χ2v) is 5.71. The van der Waals surface area contributed by atoms with Crippen molar-refractivity contribution < 1.29 is 19.0 Å². The van der Waals surface area contributed by atoms with Gasteiger partial charge in [-0.2, -0.15) is 0 Å². The van der Waals surface area contributed by atoms with E-state index in [4.69, 9.17) is 14.2 Å². The van der Waals surface area contributed by atoms with Crippen LogP contribution in [0.4, 0.5) is 0 Å². The van der Waals surface area contributed by atoms with Crippen LogP contribution in [0.25, 0.3) is 0 Å². The molecule has 1 aliphatic rings. The third-order valence-corrected chi connectivity index (χ3v) is 3.76. The van der Waals surface area contributed by atoms with Gasteiger partial charge >= 0.3 is 11.7 Å². The van der Waals surface area contributed by atoms with Crippen LogP contribution in [0.5, 0.6) is 0 Å². The Labute approximate surface area is 143 Å². The van der Waals surface area contributed by atoms with E-state index in [1.54, 1.807) is 31.2 Å². The van der Waals surface area contributed by atoms with E-state index in [0.29, 0.717) is 11.1 Å². The molecule has 3 rings (SSSR count). The molecule has 0 saturated carbocycles. The van der Waals surface area contributed by atoms with Crippen LogP contribution >= 0.6 is 0 Å². The molecule has 8 heteroatoms. The van der Waals surface area contributed by atoms with Crippen LogP contribution in [-0.4, -0.2) is 41.1 Å². The number of aromatic nitrogens is 2. The molecule has 1 aromatic heterocycles. The van der Waals surface area contributed by atoms with Crippen molar-refractivity contribution in [3.05, 3.63) is 68.5 Å². The van der Waals surface area contributed by atoms with E-state index in [0.717, 1.165) is 0 Å². The highest BCUT2D eigenvalue weighted by Gasteiger charge is 2.28. The Morgan fingerprint density at radius 2 is 2.08 bits per heavy atom. The Hall–Kier alpha value is -2.71. The molecule has 0 aliphatic carbocycles. The molecule has 2 heterocycles. The second kappa shape index (κ2) is 7.45. The van der Waals surface area contributed by atoms with Gasteiger partial charge in [-0.15, -0.1) is 0 Å². The summed E-state index contributed by atoms with van der Waals surface area (Å²) in [7, 11) is 0. The summed E-state index contributed by atoms with van der Waals surface area (Å²) in [5.41, 5.74) is -0.0205. The quantitative estimate of drug-likeness (QED) is 0.789. The van der Waals surface area contributed by atoms with Gasteiger partial charge in [0.25, 0.3) is 5.56 Å². The van der Waals surface area contributed by atoms with E-state index in [2.05, 4.69) is 4.98 Å². The number of ether oxygens (including phenoxy) is 3. The first-order valence-electron chi connectivity index (χ1n) is 7.82. The number of hydrogen-bond donors (Lipinski definition) is 1. The Kier molecular flexibility index (Phi) is 5.11. The first-order valence-corrected chi connectivity index (χ1v) is 7.82. The molecule has 2 atom stereocenters. The summed E-state index contributed by atoms with van der Waals surface area (Å²) < 4.78 is 17.6. The maximum absolute atomic E-state index is 11.9. The van der Waals surface area contributed by atoms with Gasteiger partial charge < -0.3 is 14.2 Å². The minimum absolute atomic E-state index is 0.0379. The predicted octanol–water partition coefficient (Wildman–Crippen LogP) is 0.444. The summed E-state index contributed by atoms with van der Waals surface area (Å²) in [6.45, 7) is 2.08. The zero-order valence-corrected chi connectivity index (χ0v) is 13.6. The Morgan fingerprint density at radius 3 is 2.84 bits per heavy atom. The minimum atomic E-state index is -0.683. The molecule has 1 aromatic carbocycles. The van der Waals surface area contributed by atoms with Crippen molar-refractivity contribution in [1.29, 1.82) is 0 Å². The smallest absolute Gasteiger partial charge is 0.338 e. The van der Waals surface area contributed by atoms with Crippen molar-refractivity contribution in [3.8, 4) is 0 Å². The molecular weight excluding hydrogens is 328 g/mol. The average molecular weight is 346 g/mol. The average Bonchev–Trinajstić information content (AvgIpc) is 3.06. The molecule has 1 N–H and O–H groups in total. The summed E-state index contributed by atoms with van der Waals surface area (Å²) in [4.78, 5) is 37.3. The van der Waals surface area contributed by atoms with E-state index in [1.165, 1.54) is 10.8 Å². The van der Waals surface area contributed by atoms with Crippen molar-refractivity contribution in [2.24, 2.45) is 0 Å². The number of nitrogens with zero attached hydrogens (tertiary/aromatic N) is 1. The fraction of sp³-hybridized carbons (Fsp3) is 0.353. The highest BCUT2D eigenvalue weighted by molar-refractivity contribution is 5.89. The summed E-state index contributed by atoms with van der Waals surface area (Å²) in [5.74, 6) is -0.455. The fourth-order valence-electron chi connectivity index (χ4n) is 2.47. The molecule has 1 saturated heterocycles. The molecule has 0 bridgehead atoms. The third-order valence-electron chi connectivity index (χ3n) is 3.76. The molecule has 0 unspecified atom stereocenters. The molecule has 1 aliphatic heterocycles. The van der Waals surface area contributed by atoms with Gasteiger partial charge in [0.2, 0.25) is 0 Å². The van der Waals surface area contributed by atoms with Crippen LogP contribution in [0.2, 0.25) is 0 Å². The number of benzene rings is 1. The first kappa shape index (κ1) is 17.1. The lowest BCUT2D eigenvalue weighted by Crippen LogP contribution is -2.34. The number of aryl methyl sites for hydroxylation is 1. The number of hydrogen-bond acceptors (Lipinski definition) is 6. The maximum atomic E-state index is 11.9. The maximum Gasteiger partial charge on any atom is 0.338 e. The second-order valence-electron chi connectivity index (χ2n) is 5.71. The number of carbonyl (C=O) groups is 1. The molecule has 2 aromatic rings. The normalized spacial score (nSPS) is 19.7. The molecule has 1 fully saturated rings. The van der Waals surface area contributed by atoms with Crippen LogP contribution in [0.3, 0.4) is 0 Å². The van der Waals surface area contributed by atoms with Gasteiger partial charge in [-0.1, -0.05) is 18.2 Å². The van der Waals surface area contributed by atoms with Crippen LogP contribution in [-0.2, 0) is 20.8 Å². The fourth-order valence-corrected chi connectivity index (χ4v) is 2.47. The van der Waals surface area contributed by atoms with Crippen LogP contribution in [0.1, 0.15) is 15.9 Å². The Balaban J connectivity index is 1.52. The highest BCUT2D eigenvalue weighted by atomic mass is 16.7. The number of aromatic amines is 1. The summed E-state index contributed by atoms with van der Waals surface area (Å²) >= 11 is 0. The predicted molar refractivity (Wildman–Crippen MR) is 87.4 cm³/mol. The largest absolute Gasteiger partial charge is 0.457 e. The van der Waals surface area contributed by atoms with E-state index < -0.39 is 23.5 Å². The molecule has 8 nitrogen and oxygen atoms in total. The highest BCUT2D eigenvalue weighted by Crippen LogP contribution is 2.14. The number of H-pyrrole nitrogens is 1. The van der Waals surface area contributed by atoms with Crippen LogP contribution < -0.4 is 11.2 Å². The van der Waals surface area contributed by atoms with Crippen molar-refractivity contribution in [2.45, 2.75) is 25.9 Å². The van der Waals surface area contributed by atoms with E-state index >= 15 is 0 Å². The lowest BCUT2D eigenvalue weighted by atomic mass is 10.2. The standard InChI is InChI=1S/C17H18N2O6/c1-11-7-19(17(22)18-15(11)20)8-13-9-23-14(25-13)10-24-16(21)12-5-3-2-4-6-12/h2-7,13-14H,8-10H2,1H3,(H,18,20,22)/t13-,14+/m1/s1. The summed E-state index contributed by atoms with van der Waals surface area (Å²) in [5, 5.41) is 0. The van der Waals surface area contributed by atoms with E-state index in [-0.39, 0.29) is 25.9 Å². The topological polar surface area (TPSA) is 99.6 Å². The SMILES string of the molecule is Cc1cn(C[C@@H]2CO[C@H](COC(=O)c3ccccc3)O2)c(=O)[nH]c1=O. The molecular formula is C17H18N2O6. The van der Waals surface area contributed by atoms with Gasteiger partial charge in [0, 0.05) is 11.8 Å². The Bertz CT molecular complexity index is 857. The lowest BCUT2D eigenvalue weighted by molar-refractivity contribution is -0.0941. The van der Waals surface area contributed by atoms with Gasteiger partial charge in [0.05, 0.1) is 18.7 Å². The van der Waals surface area contributed by atoms with Crippen LogP contribution in [0, 0.1) is 6.92 Å². The number of nitrogens with one attached hydrogen (secondary N) is 1. The van der Waals surface area contributed by atoms with Gasteiger partial charge in [-0.05, 0) is 19.1 Å². The minimum Gasteiger partial charge on any atom is -0.457 e. The Morgan fingerprint density at radius 1 is 1.32 bits per heavy atom. The van der Waals surface area contributed by atoms with Crippen LogP contribution in [0.15, 0.2) is 46.1 Å². The monoisotopic (exact) mass is 346 g/mol. The summed E-state index contributed by atoms with van der Waals surface area (Å²) in [6, 6.07) is 8.63. The van der Waals surface area contributed by atoms with E-state index in [9.17, 15) is 14.4 Å². The summed E-state index contributed by atoms with van der Waals surface area (Å²) in [6.07, 6.45) is 0.424. The van der Waals surface area contributed by atoms with Crippen molar-refractivity contribution in [1.82, 2.24) is 9.55 Å². The van der Waals surface area contributed by atoms with Gasteiger partial charge in [0.1, 0.15) is 12.7 Å². The third kappa shape index (κ3) is 4.23. The zero-order chi connectivity index (χ0) is 17.8. The van der Waals surface area contributed by atoms with Crippen molar-refractivity contribution in [3.63, 3.8) is 0 Å². The lowest BCUT2D eigenvalue weighted by Gasteiger charge is -2.13. The number of carbonyl (C=O) groups excluding carboxylic acids is 1. The molecule has 132 valence electrons. The van der Waals surface area contributed by atoms with Gasteiger partial charge in [-0.25, -0.2) is 9.59 Å². The van der Waals surface area contributed by atoms with Gasteiger partial charge in [-0.3, -0.25) is 14.3 Å². The molecule has 25 heavy (non-hydrogen) atoms. The first-order chi connectivity index (χ1) is 12.0. The molecule has 0 radical (unpaired) electrons. The number of rotatable bonds is 5. The zero-order valence-electron chi connectivity index (χ0n) is 13.6.